The van der Waals surface area contributed by atoms with Crippen LogP contribution in [0.15, 0.2) is 24.3 Å². The van der Waals surface area contributed by atoms with Crippen LogP contribution in [0, 0.1) is 0 Å². The first kappa shape index (κ1) is 41.7. The molecular weight excluding hydrogens is 593 g/mol. The van der Waals surface area contributed by atoms with E-state index in [1.54, 1.807) is 13.8 Å². The molecule has 0 aromatic rings. The normalized spacial score (nSPS) is 12.3. The Kier molecular flexibility index (Phi) is 18.2. The van der Waals surface area contributed by atoms with Gasteiger partial charge in [0.2, 0.25) is 11.8 Å². The first-order chi connectivity index (χ1) is 20.1. The summed E-state index contributed by atoms with van der Waals surface area (Å²) in [6.45, 7) is 24.1. The Bertz CT molecular complexity index is 998. The van der Waals surface area contributed by atoms with Crippen LogP contribution in [0.4, 0.5) is 0 Å². The fraction of sp³-hybridized carbons (Fsp3) is 0.742. The molecule has 0 atom stereocenters. The molecule has 0 aliphatic rings. The number of rotatable bonds is 23. The maximum atomic E-state index is 12.5. The number of carbonyl (C=O) groups is 4. The number of nitrogens with zero attached hydrogens (tertiary/aromatic N) is 2. The van der Waals surface area contributed by atoms with Gasteiger partial charge in [-0.3, -0.25) is 19.2 Å². The number of carbonyl (C=O) groups excluding carboxylic acids is 4. The summed E-state index contributed by atoms with van der Waals surface area (Å²) in [4.78, 5) is 48.3. The van der Waals surface area contributed by atoms with Gasteiger partial charge < -0.3 is 34.3 Å². The highest BCUT2D eigenvalue weighted by molar-refractivity contribution is 6.84. The number of likely N-dealkylation sites (N-methyl/N-ethyl adjacent to an activating group) is 2. The fourth-order valence-electron chi connectivity index (χ4n) is 4.86. The smallest absolute Gasteiger partial charge is 0.275 e. The third kappa shape index (κ3) is 21.4. The Labute approximate surface area is 269 Å². The number of hydrogen-bond acceptors (Lipinski definition) is 5. The quantitative estimate of drug-likeness (QED) is 0.0582. The van der Waals surface area contributed by atoms with Crippen LogP contribution in [0.5, 0.6) is 0 Å². The number of nitrogens with one attached hydrogen (secondary N) is 4. The average Bonchev–Trinajstić information content (AvgIpc) is 2.85. The molecule has 0 saturated heterocycles. The Hall–Kier alpha value is -2.33. The Morgan fingerprint density at radius 3 is 1.36 bits per heavy atom. The van der Waals surface area contributed by atoms with Crippen molar-refractivity contribution in [3.8, 4) is 0 Å². The molecule has 4 N–H and O–H groups in total. The number of quaternary nitrogens is 2. The van der Waals surface area contributed by atoms with Crippen molar-refractivity contribution in [2.75, 3.05) is 80.5 Å². The molecule has 0 aromatic heterocycles. The van der Waals surface area contributed by atoms with Gasteiger partial charge in [-0.05, 0) is 65.0 Å². The van der Waals surface area contributed by atoms with Crippen molar-refractivity contribution in [1.29, 1.82) is 0 Å². The predicted molar refractivity (Wildman–Crippen MR) is 185 cm³/mol. The van der Waals surface area contributed by atoms with Gasteiger partial charge in [-0.15, -0.1) is 0 Å². The first-order valence-electron chi connectivity index (χ1n) is 15.8. The molecule has 0 fully saturated rings. The maximum absolute atomic E-state index is 12.5. The van der Waals surface area contributed by atoms with Crippen LogP contribution in [0.2, 0.25) is 38.3 Å². The van der Waals surface area contributed by atoms with Gasteiger partial charge in [0.25, 0.3) is 11.8 Å². The summed E-state index contributed by atoms with van der Waals surface area (Å²) in [5, 5.41) is 11.8. The second-order valence-electron chi connectivity index (χ2n) is 14.6. The summed E-state index contributed by atoms with van der Waals surface area (Å²) >= 11 is 0. The highest BCUT2D eigenvalue weighted by Crippen LogP contribution is 2.23. The minimum Gasteiger partial charge on any atom is -0.455 e. The molecule has 13 heteroatoms. The molecule has 11 nitrogen and oxygen atoms in total. The van der Waals surface area contributed by atoms with Crippen molar-refractivity contribution < 1.29 is 32.3 Å². The van der Waals surface area contributed by atoms with Crippen molar-refractivity contribution in [2.45, 2.75) is 71.4 Å². The van der Waals surface area contributed by atoms with Gasteiger partial charge in [0.1, 0.15) is 0 Å². The number of hydrogen-bond donors (Lipinski definition) is 4. The van der Waals surface area contributed by atoms with Gasteiger partial charge >= 0.3 is 0 Å². The molecule has 254 valence electrons. The SMILES string of the molecule is C=C(C)C(=O)NCCC[N+](C)(C)CC(=O)NCCC[Si](C)(C)O[Si](C)(C)CCCNC(=O)C[N+](C)(C)CCNC(=O)C(=C)C. The van der Waals surface area contributed by atoms with E-state index in [1.165, 1.54) is 0 Å². The van der Waals surface area contributed by atoms with Crippen LogP contribution in [0.3, 0.4) is 0 Å². The second kappa shape index (κ2) is 19.2. The largest absolute Gasteiger partial charge is 0.455 e. The molecule has 0 aliphatic heterocycles. The lowest BCUT2D eigenvalue weighted by Gasteiger charge is -2.34. The molecular formula is C31H64N6O5Si2+2. The van der Waals surface area contributed by atoms with Crippen LogP contribution in [-0.4, -0.2) is 130 Å². The Morgan fingerprint density at radius 2 is 0.955 bits per heavy atom. The fourth-order valence-corrected chi connectivity index (χ4v) is 13.7. The number of amides is 4. The Balaban J connectivity index is 4.30. The Morgan fingerprint density at radius 1 is 0.591 bits per heavy atom. The third-order valence-electron chi connectivity index (χ3n) is 7.26. The van der Waals surface area contributed by atoms with Crippen molar-refractivity contribution in [2.24, 2.45) is 0 Å². The van der Waals surface area contributed by atoms with E-state index in [0.717, 1.165) is 37.9 Å². The molecule has 0 aliphatic carbocycles. The van der Waals surface area contributed by atoms with Crippen LogP contribution >= 0.6 is 0 Å². The summed E-state index contributed by atoms with van der Waals surface area (Å²) in [6, 6.07) is 1.94. The van der Waals surface area contributed by atoms with Crippen molar-refractivity contribution >= 4 is 40.3 Å². The van der Waals surface area contributed by atoms with E-state index in [0.29, 0.717) is 65.9 Å². The molecule has 0 unspecified atom stereocenters. The van der Waals surface area contributed by atoms with Crippen molar-refractivity contribution in [3.05, 3.63) is 24.3 Å². The van der Waals surface area contributed by atoms with E-state index in [-0.39, 0.29) is 23.6 Å². The minimum absolute atomic E-state index is 0.00708. The summed E-state index contributed by atoms with van der Waals surface area (Å²) < 4.78 is 7.78. The lowest BCUT2D eigenvalue weighted by molar-refractivity contribution is -0.882. The van der Waals surface area contributed by atoms with Crippen LogP contribution < -0.4 is 21.3 Å². The molecule has 44 heavy (non-hydrogen) atoms. The van der Waals surface area contributed by atoms with Gasteiger partial charge in [0.15, 0.2) is 29.7 Å². The summed E-state index contributed by atoms with van der Waals surface area (Å²) in [7, 11) is 4.21. The van der Waals surface area contributed by atoms with E-state index in [4.69, 9.17) is 4.12 Å². The predicted octanol–water partition coefficient (Wildman–Crippen LogP) is 2.35. The lowest BCUT2D eigenvalue weighted by atomic mass is 10.3. The average molecular weight is 657 g/mol. The topological polar surface area (TPSA) is 126 Å². The highest BCUT2D eigenvalue weighted by atomic mass is 28.4. The van der Waals surface area contributed by atoms with Gasteiger partial charge in [-0.2, -0.15) is 0 Å². The molecule has 0 radical (unpaired) electrons. The van der Waals surface area contributed by atoms with E-state index in [2.05, 4.69) is 60.6 Å². The summed E-state index contributed by atoms with van der Waals surface area (Å²) in [5.41, 5.74) is 0.975. The van der Waals surface area contributed by atoms with Crippen molar-refractivity contribution in [1.82, 2.24) is 21.3 Å². The second-order valence-corrected chi connectivity index (χ2v) is 23.4. The summed E-state index contributed by atoms with van der Waals surface area (Å²) in [5.74, 6) is -0.247. The molecule has 0 aromatic carbocycles. The lowest BCUT2D eigenvalue weighted by Crippen LogP contribution is -2.51. The van der Waals surface area contributed by atoms with Gasteiger partial charge in [-0.25, -0.2) is 0 Å². The zero-order chi connectivity index (χ0) is 34.2. The first-order valence-corrected chi connectivity index (χ1v) is 22.0. The molecule has 0 rings (SSSR count). The minimum atomic E-state index is -1.90. The molecule has 0 bridgehead atoms. The molecule has 4 amide bonds. The molecule has 0 heterocycles. The maximum Gasteiger partial charge on any atom is 0.275 e. The van der Waals surface area contributed by atoms with Crippen LogP contribution in [0.1, 0.15) is 33.1 Å². The highest BCUT2D eigenvalue weighted by Gasteiger charge is 2.32. The third-order valence-corrected chi connectivity index (χ3v) is 14.8. The van der Waals surface area contributed by atoms with Gasteiger partial charge in [0.05, 0.1) is 47.8 Å². The van der Waals surface area contributed by atoms with E-state index < -0.39 is 16.6 Å². The zero-order valence-corrected chi connectivity index (χ0v) is 31.5. The summed E-state index contributed by atoms with van der Waals surface area (Å²) in [6.07, 6.45) is 2.55. The van der Waals surface area contributed by atoms with Gasteiger partial charge in [-0.1, -0.05) is 13.2 Å². The van der Waals surface area contributed by atoms with Crippen molar-refractivity contribution in [3.63, 3.8) is 0 Å². The van der Waals surface area contributed by atoms with Crippen LogP contribution in [0.25, 0.3) is 0 Å². The standard InChI is InChI=1S/C31H62N6O5Si2/c1-26(2)30(40)34-16-13-20-36(5,6)24-28(38)32-17-14-22-43(9,10)42-44(11,12)23-15-18-33-29(39)25-37(7,8)21-19-35-31(41)27(3)4/h1,3,13-25H2,2,4-12H3,(H2-2,32,33,34,35,38,39,40,41)/p+2. The van der Waals surface area contributed by atoms with E-state index in [1.807, 2.05) is 28.2 Å². The zero-order valence-electron chi connectivity index (χ0n) is 29.5. The van der Waals surface area contributed by atoms with Crippen LogP contribution in [-0.2, 0) is 23.3 Å². The van der Waals surface area contributed by atoms with E-state index >= 15 is 0 Å². The molecule has 0 spiro atoms. The van der Waals surface area contributed by atoms with E-state index in [9.17, 15) is 19.2 Å². The monoisotopic (exact) mass is 656 g/mol. The molecule has 0 saturated carbocycles. The van der Waals surface area contributed by atoms with Gasteiger partial charge in [0, 0.05) is 37.2 Å².